The Morgan fingerprint density at radius 1 is 1.26 bits per heavy atom. The lowest BCUT2D eigenvalue weighted by molar-refractivity contribution is -0.116. The first kappa shape index (κ1) is 16.7. The number of methoxy groups -OCH3 is 1. The lowest BCUT2D eigenvalue weighted by Gasteiger charge is -2.07. The van der Waals surface area contributed by atoms with Gasteiger partial charge in [-0.25, -0.2) is 4.79 Å². The maximum Gasteiger partial charge on any atom is 0.358 e. The number of carbonyl (C=O) groups excluding carboxylic acids is 2. The first-order chi connectivity index (χ1) is 11.0. The average Bonchev–Trinajstić information content (AvgIpc) is 2.81. The minimum absolute atomic E-state index is 0.137. The number of anilines is 1. The van der Waals surface area contributed by atoms with Gasteiger partial charge in [0.1, 0.15) is 0 Å². The molecule has 2 aromatic rings. The first-order valence-corrected chi connectivity index (χ1v) is 7.48. The quantitative estimate of drug-likeness (QED) is 0.831. The molecular formula is C17H21N3O3. The van der Waals surface area contributed by atoms with Crippen molar-refractivity contribution in [3.8, 4) is 0 Å². The molecule has 0 atom stereocenters. The van der Waals surface area contributed by atoms with E-state index in [4.69, 9.17) is 4.74 Å². The van der Waals surface area contributed by atoms with Crippen LogP contribution in [-0.4, -0.2) is 28.8 Å². The van der Waals surface area contributed by atoms with Crippen LogP contribution in [0.15, 0.2) is 30.3 Å². The Hall–Kier alpha value is -2.63. The van der Waals surface area contributed by atoms with E-state index >= 15 is 0 Å². The highest BCUT2D eigenvalue weighted by Gasteiger charge is 2.22. The van der Waals surface area contributed by atoms with E-state index in [1.54, 1.807) is 14.0 Å². The average molecular weight is 315 g/mol. The second-order valence-electron chi connectivity index (χ2n) is 5.31. The third-order valence-corrected chi connectivity index (χ3v) is 3.58. The Morgan fingerprint density at radius 2 is 1.96 bits per heavy atom. The molecule has 0 radical (unpaired) electrons. The number of benzene rings is 1. The zero-order chi connectivity index (χ0) is 16.8. The first-order valence-electron chi connectivity index (χ1n) is 7.48. The van der Waals surface area contributed by atoms with Crippen LogP contribution in [0.3, 0.4) is 0 Å². The summed E-state index contributed by atoms with van der Waals surface area (Å²) in [6.07, 6.45) is 1.96. The summed E-state index contributed by atoms with van der Waals surface area (Å²) in [5.74, 6) is -0.658. The molecule has 6 nitrogen and oxygen atoms in total. The Kier molecular flexibility index (Phi) is 5.51. The van der Waals surface area contributed by atoms with E-state index in [-0.39, 0.29) is 11.6 Å². The Balaban J connectivity index is 1.96. The molecule has 122 valence electrons. The summed E-state index contributed by atoms with van der Waals surface area (Å²) in [5.41, 5.74) is 2.46. The highest BCUT2D eigenvalue weighted by molar-refractivity contribution is 6.00. The monoisotopic (exact) mass is 315 g/mol. The topological polar surface area (TPSA) is 73.2 Å². The Bertz CT molecular complexity index is 693. The zero-order valence-corrected chi connectivity index (χ0v) is 13.6. The molecule has 1 amide bonds. The number of nitrogens with one attached hydrogen (secondary N) is 1. The third kappa shape index (κ3) is 4.18. The molecule has 6 heteroatoms. The van der Waals surface area contributed by atoms with Crippen molar-refractivity contribution in [1.82, 2.24) is 9.78 Å². The molecule has 1 heterocycles. The molecule has 1 aromatic heterocycles. The molecule has 2 rings (SSSR count). The standard InChI is InChI=1S/C17H21N3O3/c1-12-15(16(17(22)23-3)20(2)19-12)18-14(21)11-7-10-13-8-5-4-6-9-13/h4-6,8-9H,7,10-11H2,1-3H3,(H,18,21). The second kappa shape index (κ2) is 7.58. The molecular weight excluding hydrogens is 294 g/mol. The molecule has 1 N–H and O–H groups in total. The summed E-state index contributed by atoms with van der Waals surface area (Å²) >= 11 is 0. The van der Waals surface area contributed by atoms with Crippen LogP contribution >= 0.6 is 0 Å². The number of hydrogen-bond acceptors (Lipinski definition) is 4. The molecule has 0 saturated carbocycles. The van der Waals surface area contributed by atoms with Crippen LogP contribution in [-0.2, 0) is 23.0 Å². The van der Waals surface area contributed by atoms with E-state index < -0.39 is 5.97 Å². The number of aromatic nitrogens is 2. The smallest absolute Gasteiger partial charge is 0.358 e. The van der Waals surface area contributed by atoms with Gasteiger partial charge in [-0.1, -0.05) is 30.3 Å². The van der Waals surface area contributed by atoms with Crippen molar-refractivity contribution >= 4 is 17.6 Å². The molecule has 0 aliphatic carbocycles. The predicted molar refractivity (Wildman–Crippen MR) is 87.3 cm³/mol. The van der Waals surface area contributed by atoms with Crippen LogP contribution in [0.1, 0.15) is 34.6 Å². The van der Waals surface area contributed by atoms with Crippen molar-refractivity contribution in [3.63, 3.8) is 0 Å². The number of carbonyl (C=O) groups is 2. The van der Waals surface area contributed by atoms with E-state index in [0.717, 1.165) is 12.8 Å². The number of amides is 1. The van der Waals surface area contributed by atoms with E-state index in [9.17, 15) is 9.59 Å². The van der Waals surface area contributed by atoms with Crippen LogP contribution in [0.4, 0.5) is 5.69 Å². The molecule has 0 unspecified atom stereocenters. The van der Waals surface area contributed by atoms with Gasteiger partial charge in [-0.05, 0) is 25.3 Å². The molecule has 0 aliphatic rings. The maximum atomic E-state index is 12.1. The lowest BCUT2D eigenvalue weighted by atomic mass is 10.1. The van der Waals surface area contributed by atoms with Gasteiger partial charge in [0, 0.05) is 13.5 Å². The van der Waals surface area contributed by atoms with Gasteiger partial charge in [-0.15, -0.1) is 0 Å². The number of aryl methyl sites for hydroxylation is 3. The fraction of sp³-hybridized carbons (Fsp3) is 0.353. The number of ether oxygens (including phenoxy) is 1. The van der Waals surface area contributed by atoms with Crippen molar-refractivity contribution in [2.24, 2.45) is 7.05 Å². The molecule has 1 aromatic carbocycles. The van der Waals surface area contributed by atoms with Gasteiger partial charge in [-0.2, -0.15) is 5.10 Å². The number of nitrogens with zero attached hydrogens (tertiary/aromatic N) is 2. The summed E-state index contributed by atoms with van der Waals surface area (Å²) in [7, 11) is 2.94. The van der Waals surface area contributed by atoms with Gasteiger partial charge in [-0.3, -0.25) is 9.48 Å². The summed E-state index contributed by atoms with van der Waals surface area (Å²) in [4.78, 5) is 23.9. The summed E-state index contributed by atoms with van der Waals surface area (Å²) in [6.45, 7) is 1.74. The highest BCUT2D eigenvalue weighted by Crippen LogP contribution is 2.21. The summed E-state index contributed by atoms with van der Waals surface area (Å²) < 4.78 is 6.16. The van der Waals surface area contributed by atoms with Crippen LogP contribution in [0.2, 0.25) is 0 Å². The minimum Gasteiger partial charge on any atom is -0.464 e. The fourth-order valence-electron chi connectivity index (χ4n) is 2.44. The summed E-state index contributed by atoms with van der Waals surface area (Å²) in [6, 6.07) is 10.0. The van der Waals surface area contributed by atoms with Crippen LogP contribution in [0.5, 0.6) is 0 Å². The van der Waals surface area contributed by atoms with E-state index in [1.165, 1.54) is 17.4 Å². The SMILES string of the molecule is COC(=O)c1c(NC(=O)CCCc2ccccc2)c(C)nn1C. The lowest BCUT2D eigenvalue weighted by Crippen LogP contribution is -2.16. The van der Waals surface area contributed by atoms with Gasteiger partial charge in [0.25, 0.3) is 0 Å². The normalized spacial score (nSPS) is 10.4. The van der Waals surface area contributed by atoms with Crippen molar-refractivity contribution in [2.45, 2.75) is 26.2 Å². The molecule has 23 heavy (non-hydrogen) atoms. The second-order valence-corrected chi connectivity index (χ2v) is 5.31. The maximum absolute atomic E-state index is 12.1. The Morgan fingerprint density at radius 3 is 2.61 bits per heavy atom. The molecule has 0 spiro atoms. The van der Waals surface area contributed by atoms with Crippen molar-refractivity contribution in [1.29, 1.82) is 0 Å². The molecule has 0 aliphatic heterocycles. The largest absolute Gasteiger partial charge is 0.464 e. The van der Waals surface area contributed by atoms with Gasteiger partial charge in [0.05, 0.1) is 18.5 Å². The van der Waals surface area contributed by atoms with Gasteiger partial charge < -0.3 is 10.1 Å². The van der Waals surface area contributed by atoms with Crippen LogP contribution < -0.4 is 5.32 Å². The minimum atomic E-state index is -0.521. The third-order valence-electron chi connectivity index (χ3n) is 3.58. The molecule has 0 fully saturated rings. The molecule has 0 saturated heterocycles. The zero-order valence-electron chi connectivity index (χ0n) is 13.6. The van der Waals surface area contributed by atoms with Crippen molar-refractivity contribution in [3.05, 3.63) is 47.3 Å². The molecule has 0 bridgehead atoms. The van der Waals surface area contributed by atoms with E-state index in [2.05, 4.69) is 10.4 Å². The number of hydrogen-bond donors (Lipinski definition) is 1. The van der Waals surface area contributed by atoms with E-state index in [0.29, 0.717) is 17.8 Å². The van der Waals surface area contributed by atoms with Crippen LogP contribution in [0.25, 0.3) is 0 Å². The van der Waals surface area contributed by atoms with Crippen LogP contribution in [0, 0.1) is 6.92 Å². The predicted octanol–water partition coefficient (Wildman–Crippen LogP) is 2.48. The van der Waals surface area contributed by atoms with Crippen molar-refractivity contribution in [2.75, 3.05) is 12.4 Å². The highest BCUT2D eigenvalue weighted by atomic mass is 16.5. The van der Waals surface area contributed by atoms with Gasteiger partial charge >= 0.3 is 5.97 Å². The van der Waals surface area contributed by atoms with E-state index in [1.807, 2.05) is 30.3 Å². The Labute approximate surface area is 135 Å². The fourth-order valence-corrected chi connectivity index (χ4v) is 2.44. The number of esters is 1. The van der Waals surface area contributed by atoms with Gasteiger partial charge in [0.2, 0.25) is 5.91 Å². The summed E-state index contributed by atoms with van der Waals surface area (Å²) in [5, 5.41) is 6.94. The number of rotatable bonds is 6. The van der Waals surface area contributed by atoms with Gasteiger partial charge in [0.15, 0.2) is 5.69 Å². The van der Waals surface area contributed by atoms with Crippen molar-refractivity contribution < 1.29 is 14.3 Å².